The minimum atomic E-state index is -3.65. The second-order valence-electron chi connectivity index (χ2n) is 6.73. The Kier molecular flexibility index (Phi) is 6.66. The summed E-state index contributed by atoms with van der Waals surface area (Å²) in [5.74, 6) is -0.347. The zero-order valence-corrected chi connectivity index (χ0v) is 17.9. The minimum Gasteiger partial charge on any atom is -0.383 e. The summed E-state index contributed by atoms with van der Waals surface area (Å²) in [4.78, 5) is 12.8. The fourth-order valence-corrected chi connectivity index (χ4v) is 3.99. The summed E-state index contributed by atoms with van der Waals surface area (Å²) < 4.78 is 33.5. The van der Waals surface area contributed by atoms with E-state index in [4.69, 9.17) is 4.74 Å². The van der Waals surface area contributed by atoms with Crippen molar-refractivity contribution in [3.8, 4) is 5.69 Å². The maximum absolute atomic E-state index is 12.7. The number of rotatable bonds is 8. The Morgan fingerprint density at radius 2 is 1.80 bits per heavy atom. The van der Waals surface area contributed by atoms with Crippen molar-refractivity contribution in [1.82, 2.24) is 14.5 Å². The predicted octanol–water partition coefficient (Wildman–Crippen LogP) is 2.67. The van der Waals surface area contributed by atoms with Crippen molar-refractivity contribution in [2.24, 2.45) is 0 Å². The number of nitrogens with zero attached hydrogens (tertiary/aromatic N) is 2. The van der Waals surface area contributed by atoms with Crippen molar-refractivity contribution in [1.29, 1.82) is 0 Å². The largest absolute Gasteiger partial charge is 0.383 e. The SMILES string of the molecule is COCCNS(=O)(=O)c1ccc(C(=O)Nc2ccccc2-n2nc(C)cc2C)cc1. The summed E-state index contributed by atoms with van der Waals surface area (Å²) in [6.07, 6.45) is 0. The molecule has 0 radical (unpaired) electrons. The summed E-state index contributed by atoms with van der Waals surface area (Å²) in [5, 5.41) is 7.35. The average molecular weight is 429 g/mol. The van der Waals surface area contributed by atoms with Crippen LogP contribution >= 0.6 is 0 Å². The van der Waals surface area contributed by atoms with Gasteiger partial charge in [-0.05, 0) is 56.3 Å². The Labute approximate surface area is 175 Å². The molecule has 0 aliphatic rings. The molecule has 1 aromatic heterocycles. The molecule has 0 saturated carbocycles. The molecular formula is C21H24N4O4S. The molecule has 158 valence electrons. The van der Waals surface area contributed by atoms with Gasteiger partial charge >= 0.3 is 0 Å². The van der Waals surface area contributed by atoms with Crippen molar-refractivity contribution in [2.75, 3.05) is 25.6 Å². The van der Waals surface area contributed by atoms with Crippen LogP contribution in [0.5, 0.6) is 0 Å². The van der Waals surface area contributed by atoms with Crippen molar-refractivity contribution < 1.29 is 17.9 Å². The first-order valence-electron chi connectivity index (χ1n) is 9.34. The van der Waals surface area contributed by atoms with E-state index in [1.165, 1.54) is 31.4 Å². The average Bonchev–Trinajstić information content (AvgIpc) is 3.06. The molecule has 0 bridgehead atoms. The van der Waals surface area contributed by atoms with E-state index < -0.39 is 10.0 Å². The van der Waals surface area contributed by atoms with Crippen LogP contribution in [0, 0.1) is 13.8 Å². The van der Waals surface area contributed by atoms with Crippen molar-refractivity contribution in [3.05, 3.63) is 71.5 Å². The number of amides is 1. The lowest BCUT2D eigenvalue weighted by molar-refractivity contribution is 0.102. The van der Waals surface area contributed by atoms with Gasteiger partial charge in [0.2, 0.25) is 10.0 Å². The fraction of sp³-hybridized carbons (Fsp3) is 0.238. The molecule has 2 aromatic carbocycles. The Hall–Kier alpha value is -3.01. The van der Waals surface area contributed by atoms with Gasteiger partial charge in [0.05, 0.1) is 28.6 Å². The standard InChI is InChI=1S/C21H24N4O4S/c1-15-14-16(2)25(24-15)20-7-5-4-6-19(20)23-21(26)17-8-10-18(11-9-17)30(27,28)22-12-13-29-3/h4-11,14,22H,12-13H2,1-3H3,(H,23,26). The molecule has 0 spiro atoms. The van der Waals surface area contributed by atoms with Crippen LogP contribution in [0.15, 0.2) is 59.5 Å². The van der Waals surface area contributed by atoms with Crippen LogP contribution in [0.4, 0.5) is 5.69 Å². The Morgan fingerprint density at radius 3 is 2.43 bits per heavy atom. The zero-order chi connectivity index (χ0) is 21.7. The van der Waals surface area contributed by atoms with Gasteiger partial charge in [0.15, 0.2) is 0 Å². The minimum absolute atomic E-state index is 0.0817. The number of sulfonamides is 1. The molecule has 0 aliphatic heterocycles. The van der Waals surface area contributed by atoms with E-state index in [0.29, 0.717) is 11.3 Å². The number of hydrogen-bond acceptors (Lipinski definition) is 5. The number of ether oxygens (including phenoxy) is 1. The van der Waals surface area contributed by atoms with Crippen LogP contribution in [-0.4, -0.2) is 44.4 Å². The first kappa shape index (κ1) is 21.7. The number of aromatic nitrogens is 2. The highest BCUT2D eigenvalue weighted by molar-refractivity contribution is 7.89. The van der Waals surface area contributed by atoms with Crippen molar-refractivity contribution >= 4 is 21.6 Å². The lowest BCUT2D eigenvalue weighted by atomic mass is 10.2. The molecule has 1 heterocycles. The van der Waals surface area contributed by atoms with E-state index in [2.05, 4.69) is 15.1 Å². The van der Waals surface area contributed by atoms with Crippen LogP contribution in [0.2, 0.25) is 0 Å². The third-order valence-corrected chi connectivity index (χ3v) is 5.89. The number of carbonyl (C=O) groups excluding carboxylic acids is 1. The summed E-state index contributed by atoms with van der Waals surface area (Å²) in [6.45, 7) is 4.29. The van der Waals surface area contributed by atoms with E-state index in [1.807, 2.05) is 38.1 Å². The van der Waals surface area contributed by atoms with Gasteiger partial charge in [0.25, 0.3) is 5.91 Å². The molecule has 30 heavy (non-hydrogen) atoms. The third kappa shape index (κ3) is 4.93. The van der Waals surface area contributed by atoms with Crippen molar-refractivity contribution in [3.63, 3.8) is 0 Å². The molecular weight excluding hydrogens is 404 g/mol. The highest BCUT2D eigenvalue weighted by Gasteiger charge is 2.16. The number of methoxy groups -OCH3 is 1. The quantitative estimate of drug-likeness (QED) is 0.537. The van der Waals surface area contributed by atoms with Gasteiger partial charge < -0.3 is 10.1 Å². The summed E-state index contributed by atoms with van der Waals surface area (Å²) >= 11 is 0. The van der Waals surface area contributed by atoms with E-state index in [1.54, 1.807) is 10.7 Å². The summed E-state index contributed by atoms with van der Waals surface area (Å²) in [7, 11) is -2.16. The Bertz CT molecular complexity index is 1140. The third-order valence-electron chi connectivity index (χ3n) is 4.42. The molecule has 0 aliphatic carbocycles. The van der Waals surface area contributed by atoms with Crippen LogP contribution in [0.3, 0.4) is 0 Å². The number of hydrogen-bond donors (Lipinski definition) is 2. The number of nitrogens with one attached hydrogen (secondary N) is 2. The van der Waals surface area contributed by atoms with Crippen LogP contribution in [0.25, 0.3) is 5.69 Å². The summed E-state index contributed by atoms with van der Waals surface area (Å²) in [5.41, 5.74) is 3.52. The van der Waals surface area contributed by atoms with E-state index in [0.717, 1.165) is 17.1 Å². The van der Waals surface area contributed by atoms with Gasteiger partial charge in [-0.15, -0.1) is 0 Å². The van der Waals surface area contributed by atoms with Crippen LogP contribution < -0.4 is 10.0 Å². The van der Waals surface area contributed by atoms with Crippen LogP contribution in [-0.2, 0) is 14.8 Å². The lowest BCUT2D eigenvalue weighted by Gasteiger charge is -2.13. The maximum Gasteiger partial charge on any atom is 0.255 e. The molecule has 3 rings (SSSR count). The van der Waals surface area contributed by atoms with E-state index >= 15 is 0 Å². The lowest BCUT2D eigenvalue weighted by Crippen LogP contribution is -2.27. The summed E-state index contributed by atoms with van der Waals surface area (Å²) in [6, 6.07) is 15.1. The van der Waals surface area contributed by atoms with Gasteiger partial charge in [-0.25, -0.2) is 17.8 Å². The maximum atomic E-state index is 12.7. The Morgan fingerprint density at radius 1 is 1.10 bits per heavy atom. The number of aryl methyl sites for hydroxylation is 2. The first-order valence-corrected chi connectivity index (χ1v) is 10.8. The van der Waals surface area contributed by atoms with Crippen molar-refractivity contribution in [2.45, 2.75) is 18.7 Å². The monoisotopic (exact) mass is 428 g/mol. The molecule has 0 atom stereocenters. The molecule has 3 aromatic rings. The molecule has 1 amide bonds. The fourth-order valence-electron chi connectivity index (χ4n) is 2.98. The van der Waals surface area contributed by atoms with Gasteiger partial charge in [0, 0.05) is 24.9 Å². The molecule has 8 nitrogen and oxygen atoms in total. The first-order chi connectivity index (χ1) is 14.3. The normalized spacial score (nSPS) is 11.4. The van der Waals surface area contributed by atoms with Gasteiger partial charge in [-0.1, -0.05) is 12.1 Å². The highest BCUT2D eigenvalue weighted by Crippen LogP contribution is 2.22. The molecule has 0 saturated heterocycles. The molecule has 0 fully saturated rings. The van der Waals surface area contributed by atoms with Gasteiger partial charge in [0.1, 0.15) is 0 Å². The van der Waals surface area contributed by atoms with Gasteiger partial charge in [-0.3, -0.25) is 4.79 Å². The molecule has 0 unspecified atom stereocenters. The highest BCUT2D eigenvalue weighted by atomic mass is 32.2. The molecule has 2 N–H and O–H groups in total. The Balaban J connectivity index is 1.78. The second kappa shape index (κ2) is 9.21. The number of benzene rings is 2. The zero-order valence-electron chi connectivity index (χ0n) is 17.0. The number of carbonyl (C=O) groups is 1. The van der Waals surface area contributed by atoms with Crippen LogP contribution in [0.1, 0.15) is 21.7 Å². The predicted molar refractivity (Wildman–Crippen MR) is 114 cm³/mol. The van der Waals surface area contributed by atoms with E-state index in [-0.39, 0.29) is 24.0 Å². The van der Waals surface area contributed by atoms with Gasteiger partial charge in [-0.2, -0.15) is 5.10 Å². The second-order valence-corrected chi connectivity index (χ2v) is 8.49. The smallest absolute Gasteiger partial charge is 0.255 e. The molecule has 9 heteroatoms. The number of anilines is 1. The number of para-hydroxylation sites is 2. The topological polar surface area (TPSA) is 102 Å². The van der Waals surface area contributed by atoms with E-state index in [9.17, 15) is 13.2 Å².